The van der Waals surface area contributed by atoms with Gasteiger partial charge in [0.2, 0.25) is 0 Å². The molecule has 2 heterocycles. The molecular weight excluding hydrogens is 593 g/mol. The molecule has 0 bridgehead atoms. The molecule has 2 nitrogen and oxygen atoms in total. The van der Waals surface area contributed by atoms with Gasteiger partial charge in [-0.2, -0.15) is 0 Å². The summed E-state index contributed by atoms with van der Waals surface area (Å²) in [5.41, 5.74) is 12.6. The monoisotopic (exact) mass is 624 g/mol. The minimum absolute atomic E-state index is 0.111. The highest BCUT2D eigenvalue weighted by molar-refractivity contribution is 6.24. The van der Waals surface area contributed by atoms with Crippen LogP contribution in [0.1, 0.15) is 25.0 Å². The van der Waals surface area contributed by atoms with Crippen molar-refractivity contribution in [3.63, 3.8) is 0 Å². The Kier molecular flexibility index (Phi) is 5.21. The largest absolute Gasteiger partial charge is 0.309 e. The number of benzene rings is 8. The summed E-state index contributed by atoms with van der Waals surface area (Å²) in [6.07, 6.45) is 0. The lowest BCUT2D eigenvalue weighted by Crippen LogP contribution is -2.23. The quantitative estimate of drug-likeness (QED) is 0.181. The Morgan fingerprint density at radius 2 is 1.06 bits per heavy atom. The molecule has 0 atom stereocenters. The molecule has 230 valence electrons. The average Bonchev–Trinajstić information content (AvgIpc) is 3.64. The SMILES string of the molecule is CC1(C)c2ccccc2-c2c3c1cccc3cc1c3cc4ccccc4cc3n(-c3ccc4c(c3)c3ccccc3n4-c3ccccc3)c21. The number of hydrogen-bond donors (Lipinski definition) is 0. The van der Waals surface area contributed by atoms with Gasteiger partial charge in [0.15, 0.2) is 0 Å². The zero-order valence-electron chi connectivity index (χ0n) is 27.4. The van der Waals surface area contributed by atoms with Crippen LogP contribution < -0.4 is 0 Å². The molecule has 0 fully saturated rings. The average molecular weight is 625 g/mol. The molecule has 0 amide bonds. The minimum Gasteiger partial charge on any atom is -0.309 e. The Morgan fingerprint density at radius 1 is 0.408 bits per heavy atom. The lowest BCUT2D eigenvalue weighted by Gasteiger charge is -2.35. The highest BCUT2D eigenvalue weighted by atomic mass is 15.0. The van der Waals surface area contributed by atoms with Crippen LogP contribution in [0.4, 0.5) is 0 Å². The van der Waals surface area contributed by atoms with Gasteiger partial charge in [-0.3, -0.25) is 0 Å². The Labute approximate surface area is 284 Å². The summed E-state index contributed by atoms with van der Waals surface area (Å²) in [6, 6.07) is 58.6. The van der Waals surface area contributed by atoms with Crippen molar-refractivity contribution in [1.82, 2.24) is 9.13 Å². The number of nitrogens with zero attached hydrogens (tertiary/aromatic N) is 2. The molecule has 0 aliphatic heterocycles. The molecule has 10 aromatic rings. The fraction of sp³-hybridized carbons (Fsp3) is 0.0638. The van der Waals surface area contributed by atoms with Gasteiger partial charge in [-0.1, -0.05) is 117 Å². The van der Waals surface area contributed by atoms with Gasteiger partial charge in [-0.05, 0) is 92.8 Å². The third kappa shape index (κ3) is 3.50. The van der Waals surface area contributed by atoms with Crippen molar-refractivity contribution in [2.24, 2.45) is 0 Å². The zero-order chi connectivity index (χ0) is 32.4. The summed E-state index contributed by atoms with van der Waals surface area (Å²) in [5.74, 6) is 0. The smallest absolute Gasteiger partial charge is 0.0626 e. The summed E-state index contributed by atoms with van der Waals surface area (Å²) < 4.78 is 4.96. The maximum absolute atomic E-state index is 2.56. The third-order valence-electron chi connectivity index (χ3n) is 11.2. The van der Waals surface area contributed by atoms with E-state index in [0.717, 1.165) is 0 Å². The van der Waals surface area contributed by atoms with Crippen LogP contribution in [0.2, 0.25) is 0 Å². The van der Waals surface area contributed by atoms with E-state index in [-0.39, 0.29) is 5.41 Å². The number of hydrogen-bond acceptors (Lipinski definition) is 0. The van der Waals surface area contributed by atoms with Crippen LogP contribution in [0.5, 0.6) is 0 Å². The first-order valence-corrected chi connectivity index (χ1v) is 17.2. The molecule has 2 heteroatoms. The first-order valence-electron chi connectivity index (χ1n) is 17.2. The predicted molar refractivity (Wildman–Crippen MR) is 208 cm³/mol. The van der Waals surface area contributed by atoms with Crippen LogP contribution in [0.25, 0.3) is 87.7 Å². The first-order chi connectivity index (χ1) is 24.1. The lowest BCUT2D eigenvalue weighted by atomic mass is 9.68. The van der Waals surface area contributed by atoms with Gasteiger partial charge < -0.3 is 9.13 Å². The zero-order valence-corrected chi connectivity index (χ0v) is 27.4. The second-order valence-corrected chi connectivity index (χ2v) is 14.2. The van der Waals surface area contributed by atoms with E-state index >= 15 is 0 Å². The topological polar surface area (TPSA) is 9.86 Å². The molecule has 1 aliphatic carbocycles. The maximum atomic E-state index is 2.56. The van der Waals surface area contributed by atoms with Gasteiger partial charge in [-0.25, -0.2) is 0 Å². The fourth-order valence-corrected chi connectivity index (χ4v) is 9.03. The van der Waals surface area contributed by atoms with Gasteiger partial charge >= 0.3 is 0 Å². The second-order valence-electron chi connectivity index (χ2n) is 14.2. The number of rotatable bonds is 2. The Morgan fingerprint density at radius 3 is 1.94 bits per heavy atom. The predicted octanol–water partition coefficient (Wildman–Crippen LogP) is 12.5. The fourth-order valence-electron chi connectivity index (χ4n) is 9.03. The molecule has 0 saturated heterocycles. The molecule has 0 spiro atoms. The van der Waals surface area contributed by atoms with Crippen LogP contribution in [-0.2, 0) is 5.41 Å². The number of para-hydroxylation sites is 2. The summed E-state index contributed by atoms with van der Waals surface area (Å²) in [6.45, 7) is 4.76. The van der Waals surface area contributed by atoms with E-state index in [1.807, 2.05) is 0 Å². The lowest BCUT2D eigenvalue weighted by molar-refractivity contribution is 0.645. The van der Waals surface area contributed by atoms with Crippen molar-refractivity contribution in [2.75, 3.05) is 0 Å². The minimum atomic E-state index is -0.111. The Balaban J connectivity index is 1.35. The molecule has 11 rings (SSSR count). The summed E-state index contributed by atoms with van der Waals surface area (Å²) in [4.78, 5) is 0. The Hall–Kier alpha value is -6.12. The van der Waals surface area contributed by atoms with E-state index in [4.69, 9.17) is 0 Å². The van der Waals surface area contributed by atoms with E-state index in [9.17, 15) is 0 Å². The van der Waals surface area contributed by atoms with Crippen LogP contribution in [0, 0.1) is 0 Å². The van der Waals surface area contributed by atoms with E-state index in [1.54, 1.807) is 0 Å². The molecule has 0 N–H and O–H groups in total. The van der Waals surface area contributed by atoms with Crippen molar-refractivity contribution in [1.29, 1.82) is 0 Å². The summed E-state index contributed by atoms with van der Waals surface area (Å²) in [5, 5.41) is 10.3. The van der Waals surface area contributed by atoms with Crippen molar-refractivity contribution in [3.05, 3.63) is 169 Å². The molecule has 0 saturated carbocycles. The van der Waals surface area contributed by atoms with Crippen molar-refractivity contribution in [2.45, 2.75) is 19.3 Å². The van der Waals surface area contributed by atoms with Gasteiger partial charge in [0.05, 0.1) is 22.1 Å². The molecule has 0 radical (unpaired) electrons. The highest BCUT2D eigenvalue weighted by Crippen LogP contribution is 2.53. The van der Waals surface area contributed by atoms with E-state index in [2.05, 4.69) is 181 Å². The van der Waals surface area contributed by atoms with E-state index in [1.165, 1.54) is 98.8 Å². The van der Waals surface area contributed by atoms with Crippen molar-refractivity contribution in [3.8, 4) is 22.5 Å². The normalized spacial score (nSPS) is 13.7. The second kappa shape index (κ2) is 9.49. The molecule has 8 aromatic carbocycles. The standard InChI is InChI=1S/C47H32N2/c1-47(2)39-20-10-8-19-35(39)45-44-31(15-12-21-40(44)47)26-38-36-25-29-13-6-7-14-30(29)27-43(36)49(46(38)45)33-23-24-42-37(28-33)34-18-9-11-22-41(34)48(42)32-16-4-3-5-17-32/h3-28H,1-2H3. The maximum Gasteiger partial charge on any atom is 0.0626 e. The summed E-state index contributed by atoms with van der Waals surface area (Å²) in [7, 11) is 0. The molecule has 2 aromatic heterocycles. The van der Waals surface area contributed by atoms with Gasteiger partial charge in [0.25, 0.3) is 0 Å². The van der Waals surface area contributed by atoms with Crippen LogP contribution in [-0.4, -0.2) is 9.13 Å². The van der Waals surface area contributed by atoms with Gasteiger partial charge in [0, 0.05) is 43.9 Å². The first kappa shape index (κ1) is 26.9. The van der Waals surface area contributed by atoms with Crippen molar-refractivity contribution >= 4 is 65.2 Å². The van der Waals surface area contributed by atoms with Crippen LogP contribution >= 0.6 is 0 Å². The van der Waals surface area contributed by atoms with Gasteiger partial charge in [0.1, 0.15) is 0 Å². The third-order valence-corrected chi connectivity index (χ3v) is 11.2. The highest BCUT2D eigenvalue weighted by Gasteiger charge is 2.35. The molecule has 49 heavy (non-hydrogen) atoms. The van der Waals surface area contributed by atoms with Gasteiger partial charge in [-0.15, -0.1) is 0 Å². The molecule has 1 aliphatic rings. The molecular formula is C47H32N2. The van der Waals surface area contributed by atoms with Crippen LogP contribution in [0.15, 0.2) is 158 Å². The number of aromatic nitrogens is 2. The van der Waals surface area contributed by atoms with E-state index in [0.29, 0.717) is 0 Å². The Bertz CT molecular complexity index is 3010. The van der Waals surface area contributed by atoms with E-state index < -0.39 is 0 Å². The summed E-state index contributed by atoms with van der Waals surface area (Å²) >= 11 is 0. The number of fused-ring (bicyclic) bond motifs is 10. The van der Waals surface area contributed by atoms with Crippen molar-refractivity contribution < 1.29 is 0 Å². The van der Waals surface area contributed by atoms with Crippen LogP contribution in [0.3, 0.4) is 0 Å². The molecule has 0 unspecified atom stereocenters.